The molecule has 2 aromatic heterocycles. The fourth-order valence-electron chi connectivity index (χ4n) is 3.40. The minimum absolute atomic E-state index is 0.0452. The number of nitrogens with one attached hydrogen (secondary N) is 1. The van der Waals surface area contributed by atoms with Crippen molar-refractivity contribution in [2.45, 2.75) is 45.8 Å². The summed E-state index contributed by atoms with van der Waals surface area (Å²) in [5.74, 6) is -1.23. The lowest BCUT2D eigenvalue weighted by Crippen LogP contribution is -2.39. The van der Waals surface area contributed by atoms with E-state index in [1.807, 2.05) is 25.4 Å². The summed E-state index contributed by atoms with van der Waals surface area (Å²) in [6, 6.07) is 8.37. The van der Waals surface area contributed by atoms with E-state index in [0.29, 0.717) is 21.3 Å². The fourth-order valence-corrected chi connectivity index (χ4v) is 4.33. The van der Waals surface area contributed by atoms with Crippen molar-refractivity contribution in [1.82, 2.24) is 20.1 Å². The molecule has 1 N–H and O–H groups in total. The normalized spacial score (nSPS) is 11.6. The summed E-state index contributed by atoms with van der Waals surface area (Å²) in [4.78, 5) is 44.1. The Hall–Kier alpha value is -4.04. The molecule has 0 radical (unpaired) electrons. The monoisotopic (exact) mass is 508 g/mol. The van der Waals surface area contributed by atoms with Gasteiger partial charge in [-0.15, -0.1) is 0 Å². The van der Waals surface area contributed by atoms with Crippen LogP contribution in [0.15, 0.2) is 36.7 Å². The van der Waals surface area contributed by atoms with Gasteiger partial charge in [0.05, 0.1) is 36.5 Å². The van der Waals surface area contributed by atoms with Crippen LogP contribution in [0.1, 0.15) is 52.4 Å². The number of benzene rings is 1. The van der Waals surface area contributed by atoms with Gasteiger partial charge in [-0.1, -0.05) is 23.5 Å². The predicted molar refractivity (Wildman–Crippen MR) is 136 cm³/mol. The smallest absolute Gasteiger partial charge is 0.350 e. The standard InChI is InChI=1S/C25H28N6O4S/c1-15(2)35-24(34)22-16(3)28-25(36-22)31(5)21(32)12-20(9-10-26)29-23(33)18-8-6-7-17(11-18)19-13-27-30(4)14-19/h6-8,11,13-15,20H,9,12H2,1-5H3,(H,29,33). The molecule has 0 fully saturated rings. The van der Waals surface area contributed by atoms with Crippen molar-refractivity contribution >= 4 is 34.3 Å². The lowest BCUT2D eigenvalue weighted by molar-refractivity contribution is -0.118. The third kappa shape index (κ3) is 6.55. The number of hydrogen-bond acceptors (Lipinski definition) is 8. The van der Waals surface area contributed by atoms with Gasteiger partial charge in [0.25, 0.3) is 5.91 Å². The highest BCUT2D eigenvalue weighted by atomic mass is 32.1. The maximum Gasteiger partial charge on any atom is 0.350 e. The summed E-state index contributed by atoms with van der Waals surface area (Å²) < 4.78 is 6.90. The van der Waals surface area contributed by atoms with E-state index < -0.39 is 12.0 Å². The topological polar surface area (TPSA) is 130 Å². The van der Waals surface area contributed by atoms with E-state index in [0.717, 1.165) is 22.5 Å². The van der Waals surface area contributed by atoms with E-state index in [-0.39, 0.29) is 30.8 Å². The molecule has 0 bridgehead atoms. The van der Waals surface area contributed by atoms with Crippen LogP contribution in [0.2, 0.25) is 0 Å². The summed E-state index contributed by atoms with van der Waals surface area (Å²) >= 11 is 1.06. The van der Waals surface area contributed by atoms with Gasteiger partial charge in [-0.3, -0.25) is 19.2 Å². The van der Waals surface area contributed by atoms with E-state index >= 15 is 0 Å². The zero-order valence-electron chi connectivity index (χ0n) is 20.8. The summed E-state index contributed by atoms with van der Waals surface area (Å²) in [5, 5.41) is 16.5. The second-order valence-corrected chi connectivity index (χ2v) is 9.52. The number of amides is 2. The lowest BCUT2D eigenvalue weighted by atomic mass is 10.0. The molecule has 0 aliphatic heterocycles. The van der Waals surface area contributed by atoms with Gasteiger partial charge in [-0.25, -0.2) is 9.78 Å². The molecule has 0 aliphatic rings. The first-order chi connectivity index (χ1) is 17.1. The molecule has 1 unspecified atom stereocenters. The minimum Gasteiger partial charge on any atom is -0.459 e. The number of ether oxygens (including phenoxy) is 1. The summed E-state index contributed by atoms with van der Waals surface area (Å²) in [6.45, 7) is 5.18. The van der Waals surface area contributed by atoms with Crippen LogP contribution in [0, 0.1) is 18.3 Å². The molecule has 0 spiro atoms. The van der Waals surface area contributed by atoms with Crippen LogP contribution in [0.25, 0.3) is 11.1 Å². The van der Waals surface area contributed by atoms with Crippen molar-refractivity contribution in [3.63, 3.8) is 0 Å². The number of carbonyl (C=O) groups excluding carboxylic acids is 3. The van der Waals surface area contributed by atoms with Crippen LogP contribution in [0.5, 0.6) is 0 Å². The van der Waals surface area contributed by atoms with Crippen molar-refractivity contribution in [2.24, 2.45) is 7.05 Å². The Morgan fingerprint density at radius 1 is 1.28 bits per heavy atom. The first kappa shape index (κ1) is 26.6. The van der Waals surface area contributed by atoms with Gasteiger partial charge in [0.2, 0.25) is 5.91 Å². The summed E-state index contributed by atoms with van der Waals surface area (Å²) in [6.07, 6.45) is 3.12. The maximum atomic E-state index is 13.0. The number of nitrogens with zero attached hydrogens (tertiary/aromatic N) is 5. The SMILES string of the molecule is Cc1nc(N(C)C(=O)CC(CC#N)NC(=O)c2cccc(-c3cnn(C)c3)c2)sc1C(=O)OC(C)C. The number of hydrogen-bond donors (Lipinski definition) is 1. The Balaban J connectivity index is 1.69. The quantitative estimate of drug-likeness (QED) is 0.438. The molecule has 188 valence electrons. The van der Waals surface area contributed by atoms with Gasteiger partial charge < -0.3 is 10.1 Å². The van der Waals surface area contributed by atoms with E-state index in [9.17, 15) is 19.6 Å². The molecule has 1 atom stereocenters. The molecule has 3 aromatic rings. The van der Waals surface area contributed by atoms with Crippen molar-refractivity contribution in [1.29, 1.82) is 5.26 Å². The molecule has 10 nitrogen and oxygen atoms in total. The van der Waals surface area contributed by atoms with Crippen LogP contribution >= 0.6 is 11.3 Å². The Labute approximate surface area is 213 Å². The predicted octanol–water partition coefficient (Wildman–Crippen LogP) is 3.48. The molecule has 0 saturated carbocycles. The van der Waals surface area contributed by atoms with Gasteiger partial charge in [-0.2, -0.15) is 10.4 Å². The Bertz CT molecular complexity index is 1310. The summed E-state index contributed by atoms with van der Waals surface area (Å²) in [7, 11) is 3.35. The average molecular weight is 509 g/mol. The molecule has 2 heterocycles. The number of aromatic nitrogens is 3. The zero-order valence-corrected chi connectivity index (χ0v) is 21.6. The molecular formula is C25H28N6O4S. The van der Waals surface area contributed by atoms with Crippen LogP contribution in [0.3, 0.4) is 0 Å². The highest BCUT2D eigenvalue weighted by molar-refractivity contribution is 7.17. The van der Waals surface area contributed by atoms with E-state index in [2.05, 4.69) is 15.4 Å². The fraction of sp³-hybridized carbons (Fsp3) is 0.360. The molecule has 1 aromatic carbocycles. The van der Waals surface area contributed by atoms with E-state index in [4.69, 9.17) is 4.74 Å². The molecular weight excluding hydrogens is 480 g/mol. The van der Waals surface area contributed by atoms with Crippen molar-refractivity contribution in [2.75, 3.05) is 11.9 Å². The summed E-state index contributed by atoms with van der Waals surface area (Å²) in [5.41, 5.74) is 2.57. The third-order valence-corrected chi connectivity index (χ3v) is 6.45. The van der Waals surface area contributed by atoms with Gasteiger partial charge >= 0.3 is 5.97 Å². The number of esters is 1. The third-order valence-electron chi connectivity index (χ3n) is 5.23. The Morgan fingerprint density at radius 2 is 2.03 bits per heavy atom. The average Bonchev–Trinajstić information content (AvgIpc) is 3.44. The highest BCUT2D eigenvalue weighted by Gasteiger charge is 2.25. The highest BCUT2D eigenvalue weighted by Crippen LogP contribution is 2.27. The second-order valence-electron chi connectivity index (χ2n) is 8.54. The van der Waals surface area contributed by atoms with Crippen molar-refractivity contribution in [3.8, 4) is 17.2 Å². The first-order valence-electron chi connectivity index (χ1n) is 11.3. The van der Waals surface area contributed by atoms with Crippen LogP contribution in [-0.2, 0) is 16.6 Å². The molecule has 0 saturated heterocycles. The van der Waals surface area contributed by atoms with Crippen LogP contribution < -0.4 is 10.2 Å². The van der Waals surface area contributed by atoms with Crippen molar-refractivity contribution < 1.29 is 19.1 Å². The molecule has 2 amide bonds. The number of carbonyl (C=O) groups is 3. The van der Waals surface area contributed by atoms with Gasteiger partial charge in [0, 0.05) is 37.8 Å². The molecule has 3 rings (SSSR count). The van der Waals surface area contributed by atoms with Crippen LogP contribution in [-0.4, -0.2) is 51.7 Å². The van der Waals surface area contributed by atoms with Gasteiger partial charge in [0.15, 0.2) is 5.13 Å². The van der Waals surface area contributed by atoms with Crippen molar-refractivity contribution in [3.05, 3.63) is 52.8 Å². The Kier molecular flexibility index (Phi) is 8.55. The number of thiazole rings is 1. The number of rotatable bonds is 9. The zero-order chi connectivity index (χ0) is 26.4. The lowest BCUT2D eigenvalue weighted by Gasteiger charge is -2.19. The van der Waals surface area contributed by atoms with Gasteiger partial charge in [0.1, 0.15) is 4.88 Å². The van der Waals surface area contributed by atoms with E-state index in [1.165, 1.54) is 4.90 Å². The number of nitriles is 1. The van der Waals surface area contributed by atoms with Gasteiger partial charge in [-0.05, 0) is 38.5 Å². The number of anilines is 1. The van der Waals surface area contributed by atoms with Crippen LogP contribution in [0.4, 0.5) is 5.13 Å². The minimum atomic E-state index is -0.703. The van der Waals surface area contributed by atoms with E-state index in [1.54, 1.807) is 56.9 Å². The maximum absolute atomic E-state index is 13.0. The molecule has 36 heavy (non-hydrogen) atoms. The molecule has 11 heteroatoms. The molecule has 0 aliphatic carbocycles. The second kappa shape index (κ2) is 11.6. The largest absolute Gasteiger partial charge is 0.459 e. The number of aryl methyl sites for hydroxylation is 2. The first-order valence-corrected chi connectivity index (χ1v) is 12.1. The Morgan fingerprint density at radius 3 is 2.67 bits per heavy atom.